The van der Waals surface area contributed by atoms with Crippen molar-refractivity contribution >= 4 is 5.69 Å². The number of halogens is 3. The number of methoxy groups -OCH3 is 1. The molecule has 4 aromatic rings. The molecule has 0 radical (unpaired) electrons. The summed E-state index contributed by atoms with van der Waals surface area (Å²) in [5.74, 6) is 0.463. The molecule has 0 unspecified atom stereocenters. The van der Waals surface area contributed by atoms with Gasteiger partial charge in [0.1, 0.15) is 11.4 Å². The largest absolute Gasteiger partial charge is 2.00 e. The Kier molecular flexibility index (Phi) is 10.7. The van der Waals surface area contributed by atoms with Crippen LogP contribution in [0.4, 0.5) is 18.9 Å². The number of nitriles is 1. The van der Waals surface area contributed by atoms with Crippen molar-refractivity contribution < 1.29 is 44.1 Å². The summed E-state index contributed by atoms with van der Waals surface area (Å²) in [5.41, 5.74) is 3.03. The Morgan fingerprint density at radius 3 is 2.29 bits per heavy atom. The molecule has 0 aliphatic carbocycles. The number of aromatic nitrogens is 2. The number of hydrogen-bond acceptors (Lipinski definition) is 5. The van der Waals surface area contributed by atoms with Gasteiger partial charge in [-0.1, -0.05) is 24.1 Å². The van der Waals surface area contributed by atoms with Gasteiger partial charge < -0.3 is 14.8 Å². The first-order chi connectivity index (χ1) is 17.7. The van der Waals surface area contributed by atoms with Crippen molar-refractivity contribution in [3.05, 3.63) is 107 Å². The molecule has 194 valence electrons. The van der Waals surface area contributed by atoms with Crippen LogP contribution < -0.4 is 4.74 Å². The quantitative estimate of drug-likeness (QED) is 0.252. The van der Waals surface area contributed by atoms with E-state index in [-0.39, 0.29) is 44.6 Å². The smallest absolute Gasteiger partial charge is 0.497 e. The van der Waals surface area contributed by atoms with Crippen LogP contribution in [0.5, 0.6) is 5.75 Å². The number of aliphatic hydroxyl groups excluding tert-OH is 1. The average molecular weight is 696 g/mol. The van der Waals surface area contributed by atoms with Crippen LogP contribution in [0.25, 0.3) is 27.4 Å². The van der Waals surface area contributed by atoms with Crippen LogP contribution in [-0.2, 0) is 33.8 Å². The SMILES string of the molecule is Cc1cc(C#N)[c-]c(-c2cc(CO)ccn2)c1.[C-]#[N+]c1[c-]c(-c2cc(OC)ccn2)cc(C(F)(F)F)c1.[Pt+2]. The van der Waals surface area contributed by atoms with E-state index in [4.69, 9.17) is 21.7 Å². The van der Waals surface area contributed by atoms with Gasteiger partial charge in [0.15, 0.2) is 0 Å². The topological polar surface area (TPSA) is 83.4 Å². The molecule has 2 heterocycles. The number of nitrogens with zero attached hydrogens (tertiary/aromatic N) is 4. The van der Waals surface area contributed by atoms with Crippen LogP contribution in [-0.4, -0.2) is 22.2 Å². The zero-order valence-corrected chi connectivity index (χ0v) is 22.3. The Balaban J connectivity index is 0.000000263. The van der Waals surface area contributed by atoms with E-state index >= 15 is 0 Å². The fraction of sp³-hybridized carbons (Fsp3) is 0.143. The molecule has 0 aliphatic heterocycles. The first kappa shape index (κ1) is 30.2. The Bertz CT molecular complexity index is 1490. The summed E-state index contributed by atoms with van der Waals surface area (Å²) in [6, 6.07) is 19.7. The fourth-order valence-electron chi connectivity index (χ4n) is 3.23. The van der Waals surface area contributed by atoms with E-state index in [9.17, 15) is 13.2 Å². The minimum atomic E-state index is -4.53. The minimum absolute atomic E-state index is 0. The third kappa shape index (κ3) is 7.98. The summed E-state index contributed by atoms with van der Waals surface area (Å²) >= 11 is 0. The maximum atomic E-state index is 12.8. The van der Waals surface area contributed by atoms with Gasteiger partial charge in [0.2, 0.25) is 0 Å². The van der Waals surface area contributed by atoms with E-state index in [0.29, 0.717) is 11.3 Å². The molecule has 0 fully saturated rings. The second kappa shape index (κ2) is 13.5. The predicted octanol–water partition coefficient (Wildman–Crippen LogP) is 6.35. The number of hydrogen-bond donors (Lipinski definition) is 1. The molecule has 0 aliphatic rings. The normalized spacial score (nSPS) is 10.2. The molecule has 0 bridgehead atoms. The van der Waals surface area contributed by atoms with E-state index in [1.165, 1.54) is 19.4 Å². The van der Waals surface area contributed by atoms with Crippen LogP contribution in [0.15, 0.2) is 60.9 Å². The average Bonchev–Trinajstić information content (AvgIpc) is 2.92. The van der Waals surface area contributed by atoms with Gasteiger partial charge in [-0.3, -0.25) is 9.83 Å². The Hall–Kier alpha value is -4.04. The maximum Gasteiger partial charge on any atom is 2.00 e. The van der Waals surface area contributed by atoms with E-state index < -0.39 is 11.7 Å². The van der Waals surface area contributed by atoms with E-state index in [1.807, 2.05) is 13.0 Å². The van der Waals surface area contributed by atoms with E-state index in [1.54, 1.807) is 30.5 Å². The van der Waals surface area contributed by atoms with Crippen LogP contribution in [0.3, 0.4) is 0 Å². The summed E-state index contributed by atoms with van der Waals surface area (Å²) < 4.78 is 43.3. The molecule has 2 aromatic carbocycles. The van der Waals surface area contributed by atoms with Gasteiger partial charge >= 0.3 is 27.2 Å². The van der Waals surface area contributed by atoms with Crippen molar-refractivity contribution in [3.8, 4) is 34.3 Å². The fourth-order valence-corrected chi connectivity index (χ4v) is 3.23. The summed E-state index contributed by atoms with van der Waals surface area (Å²) in [6.45, 7) is 8.77. The Labute approximate surface area is 232 Å². The summed E-state index contributed by atoms with van der Waals surface area (Å²) in [7, 11) is 1.44. The van der Waals surface area contributed by atoms with Crippen molar-refractivity contribution in [2.24, 2.45) is 0 Å². The van der Waals surface area contributed by atoms with Crippen molar-refractivity contribution in [2.45, 2.75) is 19.7 Å². The zero-order chi connectivity index (χ0) is 27.0. The molecule has 0 amide bonds. The number of ether oxygens (including phenoxy) is 1. The predicted molar refractivity (Wildman–Crippen MR) is 130 cm³/mol. The van der Waals surface area contributed by atoms with Gasteiger partial charge in [-0.15, -0.1) is 47.5 Å². The molecular weight excluding hydrogens is 676 g/mol. The van der Waals surface area contributed by atoms with Gasteiger partial charge in [-0.25, -0.2) is 5.26 Å². The molecule has 38 heavy (non-hydrogen) atoms. The third-order valence-electron chi connectivity index (χ3n) is 4.96. The number of rotatable bonds is 4. The summed E-state index contributed by atoms with van der Waals surface area (Å²) in [6.07, 6.45) is -1.47. The molecule has 0 saturated heterocycles. The standard InChI is InChI=1S/C14H8F3N2O.C14H11N2O.Pt/c1-18-11-6-9(5-10(7-11)14(15,16)17)13-8-12(20-2)3-4-19-13;1-10-4-12(8-15)6-13(5-10)14-7-11(9-17)2-3-16-14;/h3-5,7-8H,2H3;2-5,7,17H,9H2,1H3;/q2*-1;+2. The molecule has 0 atom stereocenters. The number of pyridine rings is 2. The van der Waals surface area contributed by atoms with Gasteiger partial charge in [0.25, 0.3) is 0 Å². The molecular formula is C28H19F3N4O2Pt. The van der Waals surface area contributed by atoms with Crippen molar-refractivity contribution in [1.29, 1.82) is 5.26 Å². The molecule has 6 nitrogen and oxygen atoms in total. The van der Waals surface area contributed by atoms with E-state index in [2.05, 4.69) is 33.0 Å². The van der Waals surface area contributed by atoms with Gasteiger partial charge in [0, 0.05) is 18.1 Å². The molecule has 1 N–H and O–H groups in total. The molecule has 4 rings (SSSR count). The Morgan fingerprint density at radius 2 is 1.68 bits per heavy atom. The van der Waals surface area contributed by atoms with Gasteiger partial charge in [-0.2, -0.15) is 13.2 Å². The van der Waals surface area contributed by atoms with Crippen molar-refractivity contribution in [2.75, 3.05) is 7.11 Å². The Morgan fingerprint density at radius 1 is 1.03 bits per heavy atom. The minimum Gasteiger partial charge on any atom is -0.497 e. The number of aryl methyl sites for hydroxylation is 1. The molecule has 10 heteroatoms. The number of alkyl halides is 3. The van der Waals surface area contributed by atoms with Crippen LogP contribution in [0, 0.1) is 37.0 Å². The van der Waals surface area contributed by atoms with Crippen LogP contribution in [0.2, 0.25) is 0 Å². The maximum absolute atomic E-state index is 12.8. The molecule has 2 aromatic heterocycles. The molecule has 0 spiro atoms. The van der Waals surface area contributed by atoms with Gasteiger partial charge in [-0.05, 0) is 41.1 Å². The molecule has 0 saturated carbocycles. The number of benzene rings is 2. The van der Waals surface area contributed by atoms with Gasteiger partial charge in [0.05, 0.1) is 20.3 Å². The zero-order valence-electron chi connectivity index (χ0n) is 20.1. The van der Waals surface area contributed by atoms with Crippen LogP contribution >= 0.6 is 0 Å². The van der Waals surface area contributed by atoms with Crippen molar-refractivity contribution in [3.63, 3.8) is 0 Å². The number of aliphatic hydroxyl groups is 1. The van der Waals surface area contributed by atoms with E-state index in [0.717, 1.165) is 34.5 Å². The van der Waals surface area contributed by atoms with Crippen LogP contribution in [0.1, 0.15) is 22.3 Å². The summed E-state index contributed by atoms with van der Waals surface area (Å²) in [5, 5.41) is 18.0. The second-order valence-corrected chi connectivity index (χ2v) is 7.66. The first-order valence-corrected chi connectivity index (χ1v) is 10.7. The monoisotopic (exact) mass is 695 g/mol. The van der Waals surface area contributed by atoms with Crippen molar-refractivity contribution in [1.82, 2.24) is 9.97 Å². The first-order valence-electron chi connectivity index (χ1n) is 10.7. The second-order valence-electron chi connectivity index (χ2n) is 7.66. The summed E-state index contributed by atoms with van der Waals surface area (Å²) in [4.78, 5) is 11.2. The third-order valence-corrected chi connectivity index (χ3v) is 4.96.